The van der Waals surface area contributed by atoms with Crippen molar-refractivity contribution in [1.82, 2.24) is 25.8 Å². The Kier molecular flexibility index (Phi) is 7.67. The molecule has 1 aliphatic carbocycles. The summed E-state index contributed by atoms with van der Waals surface area (Å²) in [7, 11) is 0. The van der Waals surface area contributed by atoms with E-state index in [-0.39, 0.29) is 28.8 Å². The zero-order valence-electron chi connectivity index (χ0n) is 19.0. The van der Waals surface area contributed by atoms with Crippen molar-refractivity contribution in [1.29, 1.82) is 0 Å². The lowest BCUT2D eigenvalue weighted by molar-refractivity contribution is -0.141. The first-order valence-corrected chi connectivity index (χ1v) is 11.8. The van der Waals surface area contributed by atoms with Crippen LogP contribution in [0.1, 0.15) is 48.2 Å². The van der Waals surface area contributed by atoms with E-state index in [0.29, 0.717) is 50.9 Å². The molecule has 1 aliphatic heterocycles. The van der Waals surface area contributed by atoms with Crippen molar-refractivity contribution in [2.45, 2.75) is 56.5 Å². The van der Waals surface area contributed by atoms with Crippen LogP contribution in [0.4, 0.5) is 23.7 Å². The van der Waals surface area contributed by atoms with Gasteiger partial charge in [-0.15, -0.1) is 0 Å². The van der Waals surface area contributed by atoms with Gasteiger partial charge in [-0.25, -0.2) is 9.89 Å². The average molecular weight is 529 g/mol. The maximum absolute atomic E-state index is 12.6. The van der Waals surface area contributed by atoms with Gasteiger partial charge in [-0.3, -0.25) is 14.6 Å². The molecule has 194 valence electrons. The van der Waals surface area contributed by atoms with E-state index in [4.69, 9.17) is 16.3 Å². The molecule has 1 saturated heterocycles. The van der Waals surface area contributed by atoms with Crippen LogP contribution in [0.25, 0.3) is 0 Å². The van der Waals surface area contributed by atoms with E-state index < -0.39 is 29.4 Å². The molecular weight excluding hydrogens is 505 g/mol. The second-order valence-corrected chi connectivity index (χ2v) is 9.13. The fraction of sp³-hybridized carbons (Fsp3) is 0.500. The second-order valence-electron chi connectivity index (χ2n) is 8.76. The molecule has 10 nitrogen and oxygen atoms in total. The predicted molar refractivity (Wildman–Crippen MR) is 123 cm³/mol. The number of nitrogens with zero attached hydrogens (tertiary/aromatic N) is 3. The summed E-state index contributed by atoms with van der Waals surface area (Å²) in [5, 5.41) is 11.7. The Balaban J connectivity index is 1.19. The molecule has 36 heavy (non-hydrogen) atoms. The van der Waals surface area contributed by atoms with E-state index in [2.05, 4.69) is 25.8 Å². The number of hydrogen-bond acceptors (Lipinski definition) is 7. The molecule has 0 aromatic carbocycles. The van der Waals surface area contributed by atoms with Crippen molar-refractivity contribution in [3.63, 3.8) is 0 Å². The number of ether oxygens (including phenoxy) is 1. The number of aromatic amines is 1. The van der Waals surface area contributed by atoms with Crippen LogP contribution in [-0.2, 0) is 10.9 Å². The Morgan fingerprint density at radius 3 is 2.42 bits per heavy atom. The molecular formula is C22H24ClF3N6O4. The number of nitrogens with one attached hydrogen (secondary N) is 3. The first kappa shape index (κ1) is 25.7. The highest BCUT2D eigenvalue weighted by Gasteiger charge is 2.33. The Bertz CT molecular complexity index is 1150. The number of anilines is 1. The minimum atomic E-state index is -4.56. The van der Waals surface area contributed by atoms with Gasteiger partial charge in [0.1, 0.15) is 16.8 Å². The summed E-state index contributed by atoms with van der Waals surface area (Å²) < 4.78 is 43.4. The van der Waals surface area contributed by atoms with Gasteiger partial charge in [-0.1, -0.05) is 11.6 Å². The van der Waals surface area contributed by atoms with Crippen LogP contribution in [-0.4, -0.2) is 58.5 Å². The molecule has 2 amide bonds. The van der Waals surface area contributed by atoms with Gasteiger partial charge in [0.05, 0.1) is 24.0 Å². The molecule has 3 heterocycles. The molecule has 0 unspecified atom stereocenters. The lowest BCUT2D eigenvalue weighted by atomic mass is 9.91. The number of carbonyl (C=O) groups is 2. The fourth-order valence-electron chi connectivity index (χ4n) is 4.34. The number of pyridine rings is 1. The molecule has 1 atom stereocenters. The summed E-state index contributed by atoms with van der Waals surface area (Å²) >= 11 is 6.04. The van der Waals surface area contributed by atoms with Crippen LogP contribution >= 0.6 is 11.6 Å². The van der Waals surface area contributed by atoms with Crippen molar-refractivity contribution in [2.24, 2.45) is 0 Å². The maximum atomic E-state index is 12.6. The molecule has 0 spiro atoms. The van der Waals surface area contributed by atoms with Gasteiger partial charge in [0.2, 0.25) is 0 Å². The molecule has 3 N–H and O–H groups in total. The van der Waals surface area contributed by atoms with E-state index in [1.54, 1.807) is 0 Å². The molecule has 2 aromatic heterocycles. The highest BCUT2D eigenvalue weighted by molar-refractivity contribution is 6.33. The number of hydrogen-bond donors (Lipinski definition) is 3. The second kappa shape index (κ2) is 10.7. The molecule has 0 bridgehead atoms. The standard InChI is InChI=1S/C22H24ClF3N6O4/c23-18-16(10-28-31-20(18)34)32-8-7-15(11-32)36-21(35)30-14-4-2-13(3-5-14)29-19(33)12-1-6-17(27-9-12)22(24,25)26/h1,6,9-10,13-15H,2-5,7-8,11H2,(H,29,33)(H,30,35)(H,31,34)/t13-,14-,15-/m1/s1. The Hall–Kier alpha value is -3.35. The normalized spacial score (nSPS) is 22.2. The van der Waals surface area contributed by atoms with Crippen molar-refractivity contribution in [2.75, 3.05) is 18.0 Å². The number of halogens is 4. The number of alkyl carbamates (subject to hydrolysis) is 1. The molecule has 2 fully saturated rings. The van der Waals surface area contributed by atoms with Gasteiger partial charge in [-0.2, -0.15) is 18.3 Å². The third-order valence-corrected chi connectivity index (χ3v) is 6.60. The van der Waals surface area contributed by atoms with Gasteiger partial charge in [0.15, 0.2) is 0 Å². The summed E-state index contributed by atoms with van der Waals surface area (Å²) in [4.78, 5) is 41.5. The van der Waals surface area contributed by atoms with E-state index in [0.717, 1.165) is 18.3 Å². The molecule has 1 saturated carbocycles. The first-order chi connectivity index (χ1) is 17.1. The third-order valence-electron chi connectivity index (χ3n) is 6.24. The zero-order chi connectivity index (χ0) is 25.9. The number of alkyl halides is 3. The third kappa shape index (κ3) is 6.25. The largest absolute Gasteiger partial charge is 0.444 e. The van der Waals surface area contributed by atoms with E-state index in [1.165, 1.54) is 6.20 Å². The van der Waals surface area contributed by atoms with Crippen LogP contribution in [0.15, 0.2) is 29.3 Å². The maximum Gasteiger partial charge on any atom is 0.433 e. The Morgan fingerprint density at radius 2 is 1.78 bits per heavy atom. The summed E-state index contributed by atoms with van der Waals surface area (Å²) in [5.41, 5.74) is -1.01. The van der Waals surface area contributed by atoms with Crippen LogP contribution in [0, 0.1) is 0 Å². The minimum Gasteiger partial charge on any atom is -0.444 e. The SMILES string of the molecule is O=C(N[C@H]1CC[C@H](NC(=O)c2ccc(C(F)(F)F)nc2)CC1)O[C@@H]1CCN(c2cn[nH]c(=O)c2Cl)C1. The van der Waals surface area contributed by atoms with Gasteiger partial charge in [-0.05, 0) is 37.8 Å². The monoisotopic (exact) mass is 528 g/mol. The predicted octanol–water partition coefficient (Wildman–Crippen LogP) is 2.88. The first-order valence-electron chi connectivity index (χ1n) is 11.4. The lowest BCUT2D eigenvalue weighted by Crippen LogP contribution is -2.44. The summed E-state index contributed by atoms with van der Waals surface area (Å²) in [6.45, 7) is 0.942. The molecule has 2 aliphatic rings. The average Bonchev–Trinajstić information content (AvgIpc) is 3.29. The number of amides is 2. The highest BCUT2D eigenvalue weighted by Crippen LogP contribution is 2.28. The van der Waals surface area contributed by atoms with Gasteiger partial charge >= 0.3 is 12.3 Å². The summed E-state index contributed by atoms with van der Waals surface area (Å²) in [6, 6.07) is 1.58. The van der Waals surface area contributed by atoms with Crippen LogP contribution < -0.4 is 21.1 Å². The summed E-state index contributed by atoms with van der Waals surface area (Å²) in [6.07, 6.45) is -0.129. The quantitative estimate of drug-likeness (QED) is 0.544. The lowest BCUT2D eigenvalue weighted by Gasteiger charge is -2.29. The Labute approximate surface area is 208 Å². The highest BCUT2D eigenvalue weighted by atomic mass is 35.5. The van der Waals surface area contributed by atoms with E-state index in [9.17, 15) is 27.6 Å². The van der Waals surface area contributed by atoms with Crippen LogP contribution in [0.5, 0.6) is 0 Å². The van der Waals surface area contributed by atoms with Crippen molar-refractivity contribution >= 4 is 29.3 Å². The fourth-order valence-corrected chi connectivity index (χ4v) is 4.55. The molecule has 2 aromatic rings. The van der Waals surface area contributed by atoms with E-state index >= 15 is 0 Å². The molecule has 0 radical (unpaired) electrons. The van der Waals surface area contributed by atoms with Crippen LogP contribution in [0.2, 0.25) is 5.02 Å². The topological polar surface area (TPSA) is 129 Å². The van der Waals surface area contributed by atoms with Crippen molar-refractivity contribution in [3.05, 3.63) is 51.2 Å². The smallest absolute Gasteiger partial charge is 0.433 e. The number of rotatable bonds is 5. The van der Waals surface area contributed by atoms with E-state index in [1.807, 2.05) is 4.90 Å². The van der Waals surface area contributed by atoms with Gasteiger partial charge in [0.25, 0.3) is 11.5 Å². The number of H-pyrrole nitrogens is 1. The zero-order valence-corrected chi connectivity index (χ0v) is 19.7. The molecule has 14 heteroatoms. The van der Waals surface area contributed by atoms with Crippen molar-refractivity contribution < 1.29 is 27.5 Å². The number of carbonyl (C=O) groups excluding carboxylic acids is 2. The van der Waals surface area contributed by atoms with Gasteiger partial charge < -0.3 is 20.3 Å². The van der Waals surface area contributed by atoms with Gasteiger partial charge in [0, 0.05) is 31.2 Å². The summed E-state index contributed by atoms with van der Waals surface area (Å²) in [5.74, 6) is -0.492. The Morgan fingerprint density at radius 1 is 1.08 bits per heavy atom. The van der Waals surface area contributed by atoms with Crippen molar-refractivity contribution in [3.8, 4) is 0 Å². The van der Waals surface area contributed by atoms with Crippen LogP contribution in [0.3, 0.4) is 0 Å². The number of aromatic nitrogens is 3. The molecule has 4 rings (SSSR count). The minimum absolute atomic E-state index is 0.0357.